The molecule has 0 aromatic heterocycles. The molecular formula is C16H25NO. The first kappa shape index (κ1) is 14.7. The van der Waals surface area contributed by atoms with Crippen molar-refractivity contribution in [2.24, 2.45) is 5.92 Å². The minimum Gasteiger partial charge on any atom is -0.346 e. The highest BCUT2D eigenvalue weighted by Crippen LogP contribution is 2.13. The molecule has 0 saturated heterocycles. The van der Waals surface area contributed by atoms with Gasteiger partial charge in [0, 0.05) is 20.0 Å². The van der Waals surface area contributed by atoms with Gasteiger partial charge in [-0.25, -0.2) is 0 Å². The molecule has 0 spiro atoms. The van der Waals surface area contributed by atoms with Gasteiger partial charge < -0.3 is 4.90 Å². The Morgan fingerprint density at radius 3 is 2.56 bits per heavy atom. The second-order valence-electron chi connectivity index (χ2n) is 5.15. The number of aryl methyl sites for hydroxylation is 1. The van der Waals surface area contributed by atoms with E-state index in [1.165, 1.54) is 5.56 Å². The molecule has 0 fully saturated rings. The number of hydrogen-bond donors (Lipinski definition) is 0. The summed E-state index contributed by atoms with van der Waals surface area (Å²) in [7, 11) is 1.90. The van der Waals surface area contributed by atoms with Crippen LogP contribution in [0.15, 0.2) is 30.3 Å². The van der Waals surface area contributed by atoms with E-state index in [2.05, 4.69) is 38.1 Å². The summed E-state index contributed by atoms with van der Waals surface area (Å²) >= 11 is 0. The number of amides is 1. The lowest BCUT2D eigenvalue weighted by atomic mass is 9.98. The molecule has 0 aliphatic rings. The van der Waals surface area contributed by atoms with E-state index in [4.69, 9.17) is 0 Å². The SMILES string of the molecule is CCCN(C)C(=O)CC(C)CCc1ccccc1. The van der Waals surface area contributed by atoms with Gasteiger partial charge in [0.2, 0.25) is 5.91 Å². The van der Waals surface area contributed by atoms with Crippen molar-refractivity contribution >= 4 is 5.91 Å². The van der Waals surface area contributed by atoms with Gasteiger partial charge in [-0.15, -0.1) is 0 Å². The van der Waals surface area contributed by atoms with Gasteiger partial charge in [0.1, 0.15) is 0 Å². The van der Waals surface area contributed by atoms with E-state index in [-0.39, 0.29) is 5.91 Å². The first-order valence-electron chi connectivity index (χ1n) is 6.91. The maximum Gasteiger partial charge on any atom is 0.222 e. The van der Waals surface area contributed by atoms with Gasteiger partial charge in [0.15, 0.2) is 0 Å². The summed E-state index contributed by atoms with van der Waals surface area (Å²) < 4.78 is 0. The first-order valence-corrected chi connectivity index (χ1v) is 6.91. The van der Waals surface area contributed by atoms with Crippen molar-refractivity contribution < 1.29 is 4.79 Å². The summed E-state index contributed by atoms with van der Waals surface area (Å²) in [5, 5.41) is 0. The van der Waals surface area contributed by atoms with Crippen LogP contribution in [0.4, 0.5) is 0 Å². The second kappa shape index (κ2) is 7.91. The molecule has 0 saturated carbocycles. The molecule has 1 amide bonds. The van der Waals surface area contributed by atoms with Crippen molar-refractivity contribution in [2.45, 2.75) is 39.5 Å². The minimum absolute atomic E-state index is 0.275. The highest BCUT2D eigenvalue weighted by Gasteiger charge is 2.12. The fraction of sp³-hybridized carbons (Fsp3) is 0.562. The fourth-order valence-corrected chi connectivity index (χ4v) is 2.07. The average molecular weight is 247 g/mol. The van der Waals surface area contributed by atoms with Crippen LogP contribution in [0.3, 0.4) is 0 Å². The fourth-order valence-electron chi connectivity index (χ4n) is 2.07. The molecule has 0 radical (unpaired) electrons. The molecule has 1 aromatic rings. The summed E-state index contributed by atoms with van der Waals surface area (Å²) in [5.74, 6) is 0.731. The third-order valence-corrected chi connectivity index (χ3v) is 3.28. The lowest BCUT2D eigenvalue weighted by Gasteiger charge is -2.18. The van der Waals surface area contributed by atoms with Crippen molar-refractivity contribution in [2.75, 3.05) is 13.6 Å². The Labute approximate surface area is 111 Å². The van der Waals surface area contributed by atoms with Crippen LogP contribution in [0.25, 0.3) is 0 Å². The smallest absolute Gasteiger partial charge is 0.222 e. The number of nitrogens with zero attached hydrogens (tertiary/aromatic N) is 1. The monoisotopic (exact) mass is 247 g/mol. The minimum atomic E-state index is 0.275. The Balaban J connectivity index is 2.29. The number of hydrogen-bond acceptors (Lipinski definition) is 1. The van der Waals surface area contributed by atoms with E-state index in [0.29, 0.717) is 12.3 Å². The molecule has 0 aliphatic heterocycles. The summed E-state index contributed by atoms with van der Waals surface area (Å²) in [6.07, 6.45) is 3.84. The molecule has 0 aliphatic carbocycles. The van der Waals surface area contributed by atoms with Crippen LogP contribution < -0.4 is 0 Å². The number of carbonyl (C=O) groups is 1. The lowest BCUT2D eigenvalue weighted by molar-refractivity contribution is -0.130. The Hall–Kier alpha value is -1.31. The molecule has 1 rings (SSSR count). The summed E-state index contributed by atoms with van der Waals surface area (Å²) in [6.45, 7) is 5.13. The van der Waals surface area contributed by atoms with Crippen LogP contribution >= 0.6 is 0 Å². The average Bonchev–Trinajstić information content (AvgIpc) is 2.38. The molecule has 1 aromatic carbocycles. The van der Waals surface area contributed by atoms with Crippen LogP contribution in [0.1, 0.15) is 38.7 Å². The number of carbonyl (C=O) groups excluding carboxylic acids is 1. The predicted molar refractivity (Wildman–Crippen MR) is 76.5 cm³/mol. The quantitative estimate of drug-likeness (QED) is 0.722. The van der Waals surface area contributed by atoms with Gasteiger partial charge in [-0.2, -0.15) is 0 Å². The van der Waals surface area contributed by atoms with Crippen molar-refractivity contribution in [3.63, 3.8) is 0 Å². The van der Waals surface area contributed by atoms with Crippen molar-refractivity contribution in [3.8, 4) is 0 Å². The third kappa shape index (κ3) is 5.35. The van der Waals surface area contributed by atoms with Gasteiger partial charge in [0.05, 0.1) is 0 Å². The molecule has 2 heteroatoms. The maximum atomic E-state index is 11.9. The maximum absolute atomic E-state index is 11.9. The van der Waals surface area contributed by atoms with Gasteiger partial charge in [-0.05, 0) is 30.7 Å². The standard InChI is InChI=1S/C16H25NO/c1-4-12-17(3)16(18)13-14(2)10-11-15-8-6-5-7-9-15/h5-9,14H,4,10-13H2,1-3H3. The lowest BCUT2D eigenvalue weighted by Crippen LogP contribution is -2.28. The summed E-state index contributed by atoms with van der Waals surface area (Å²) in [5.41, 5.74) is 1.36. The zero-order valence-electron chi connectivity index (χ0n) is 11.9. The molecule has 100 valence electrons. The van der Waals surface area contributed by atoms with Crippen LogP contribution in [-0.4, -0.2) is 24.4 Å². The van der Waals surface area contributed by atoms with Crippen LogP contribution in [-0.2, 0) is 11.2 Å². The van der Waals surface area contributed by atoms with Gasteiger partial charge in [0.25, 0.3) is 0 Å². The molecule has 0 N–H and O–H groups in total. The highest BCUT2D eigenvalue weighted by atomic mass is 16.2. The van der Waals surface area contributed by atoms with Crippen LogP contribution in [0.2, 0.25) is 0 Å². The van der Waals surface area contributed by atoms with E-state index < -0.39 is 0 Å². The molecular weight excluding hydrogens is 222 g/mol. The van der Waals surface area contributed by atoms with E-state index in [9.17, 15) is 4.79 Å². The molecule has 0 heterocycles. The Morgan fingerprint density at radius 2 is 1.94 bits per heavy atom. The first-order chi connectivity index (χ1) is 8.63. The van der Waals surface area contributed by atoms with Crippen LogP contribution in [0.5, 0.6) is 0 Å². The summed E-state index contributed by atoms with van der Waals surface area (Å²) in [6, 6.07) is 10.5. The van der Waals surface area contributed by atoms with E-state index in [1.807, 2.05) is 18.0 Å². The van der Waals surface area contributed by atoms with Gasteiger partial charge in [-0.3, -0.25) is 4.79 Å². The molecule has 1 atom stereocenters. The second-order valence-corrected chi connectivity index (χ2v) is 5.15. The van der Waals surface area contributed by atoms with Crippen molar-refractivity contribution in [1.82, 2.24) is 4.90 Å². The third-order valence-electron chi connectivity index (χ3n) is 3.28. The largest absolute Gasteiger partial charge is 0.346 e. The highest BCUT2D eigenvalue weighted by molar-refractivity contribution is 5.76. The van der Waals surface area contributed by atoms with Crippen molar-refractivity contribution in [3.05, 3.63) is 35.9 Å². The van der Waals surface area contributed by atoms with E-state index in [0.717, 1.165) is 25.8 Å². The molecule has 18 heavy (non-hydrogen) atoms. The Kier molecular flexibility index (Phi) is 6.48. The zero-order valence-corrected chi connectivity index (χ0v) is 11.9. The van der Waals surface area contributed by atoms with Crippen LogP contribution in [0, 0.1) is 5.92 Å². The van der Waals surface area contributed by atoms with Gasteiger partial charge in [-0.1, -0.05) is 44.2 Å². The number of rotatable bonds is 7. The van der Waals surface area contributed by atoms with E-state index >= 15 is 0 Å². The summed E-state index contributed by atoms with van der Waals surface area (Å²) in [4.78, 5) is 13.7. The molecule has 0 bridgehead atoms. The normalized spacial score (nSPS) is 12.2. The predicted octanol–water partition coefficient (Wildman–Crippen LogP) is 3.51. The zero-order chi connectivity index (χ0) is 13.4. The number of benzene rings is 1. The van der Waals surface area contributed by atoms with E-state index in [1.54, 1.807) is 0 Å². The molecule has 1 unspecified atom stereocenters. The Bertz CT molecular complexity index is 347. The topological polar surface area (TPSA) is 20.3 Å². The molecule has 2 nitrogen and oxygen atoms in total. The Morgan fingerprint density at radius 1 is 1.28 bits per heavy atom. The van der Waals surface area contributed by atoms with Crippen molar-refractivity contribution in [1.29, 1.82) is 0 Å². The van der Waals surface area contributed by atoms with Gasteiger partial charge >= 0.3 is 0 Å².